The lowest BCUT2D eigenvalue weighted by Gasteiger charge is -2.34. The van der Waals surface area contributed by atoms with Gasteiger partial charge in [-0.25, -0.2) is 9.59 Å². The van der Waals surface area contributed by atoms with Crippen LogP contribution in [0, 0.1) is 0 Å². The van der Waals surface area contributed by atoms with Gasteiger partial charge >= 0.3 is 12.0 Å². The standard InChI is InChI=1S/C18H23N3O4/c22-15(21-18(16(23)24)9-2-1-3-10-18)12-5-4-6-14(11-12)20-17(25)19-13-7-8-13/h4-6,11,13H,1-3,7-10H2,(H,21,22)(H,23,24)(H2,19,20,25). The van der Waals surface area contributed by atoms with Crippen LogP contribution in [0.4, 0.5) is 10.5 Å². The molecule has 0 saturated heterocycles. The molecular weight excluding hydrogens is 322 g/mol. The number of hydrogen-bond acceptors (Lipinski definition) is 3. The van der Waals surface area contributed by atoms with Crippen molar-refractivity contribution in [2.24, 2.45) is 0 Å². The summed E-state index contributed by atoms with van der Waals surface area (Å²) in [4.78, 5) is 36.0. The Morgan fingerprint density at radius 1 is 1.08 bits per heavy atom. The van der Waals surface area contributed by atoms with Gasteiger partial charge < -0.3 is 21.1 Å². The van der Waals surface area contributed by atoms with Gasteiger partial charge in [-0.05, 0) is 43.9 Å². The largest absolute Gasteiger partial charge is 0.480 e. The third kappa shape index (κ3) is 4.29. The van der Waals surface area contributed by atoms with Crippen LogP contribution in [0.2, 0.25) is 0 Å². The SMILES string of the molecule is O=C(Nc1cccc(C(=O)NC2(C(=O)O)CCCCC2)c1)NC1CC1. The minimum Gasteiger partial charge on any atom is -0.480 e. The molecule has 134 valence electrons. The number of urea groups is 1. The fourth-order valence-corrected chi connectivity index (χ4v) is 3.16. The molecule has 0 aliphatic heterocycles. The maximum absolute atomic E-state index is 12.5. The van der Waals surface area contributed by atoms with Crippen LogP contribution in [0.15, 0.2) is 24.3 Å². The zero-order valence-corrected chi connectivity index (χ0v) is 14.0. The summed E-state index contributed by atoms with van der Waals surface area (Å²) >= 11 is 0. The summed E-state index contributed by atoms with van der Waals surface area (Å²) in [6.45, 7) is 0. The minimum absolute atomic E-state index is 0.244. The van der Waals surface area contributed by atoms with Crippen molar-refractivity contribution in [3.05, 3.63) is 29.8 Å². The Labute approximate surface area is 146 Å². The first-order valence-electron chi connectivity index (χ1n) is 8.72. The van der Waals surface area contributed by atoms with Crippen molar-refractivity contribution in [2.45, 2.75) is 56.5 Å². The van der Waals surface area contributed by atoms with E-state index in [2.05, 4.69) is 16.0 Å². The van der Waals surface area contributed by atoms with Crippen molar-refractivity contribution in [2.75, 3.05) is 5.32 Å². The third-order valence-electron chi connectivity index (χ3n) is 4.76. The maximum atomic E-state index is 12.5. The fraction of sp³-hybridized carbons (Fsp3) is 0.500. The number of carbonyl (C=O) groups excluding carboxylic acids is 2. The molecule has 0 spiro atoms. The van der Waals surface area contributed by atoms with Crippen LogP contribution in [-0.4, -0.2) is 34.6 Å². The number of hydrogen-bond donors (Lipinski definition) is 4. The quantitative estimate of drug-likeness (QED) is 0.657. The van der Waals surface area contributed by atoms with Crippen molar-refractivity contribution < 1.29 is 19.5 Å². The van der Waals surface area contributed by atoms with Gasteiger partial charge in [0.1, 0.15) is 5.54 Å². The summed E-state index contributed by atoms with van der Waals surface area (Å²) in [5, 5.41) is 17.8. The van der Waals surface area contributed by atoms with E-state index in [-0.39, 0.29) is 12.1 Å². The summed E-state index contributed by atoms with van der Waals surface area (Å²) in [6.07, 6.45) is 5.43. The van der Waals surface area contributed by atoms with E-state index in [0.717, 1.165) is 32.1 Å². The predicted octanol–water partition coefficient (Wildman–Crippen LogP) is 2.49. The van der Waals surface area contributed by atoms with Crippen molar-refractivity contribution in [1.29, 1.82) is 0 Å². The Bertz CT molecular complexity index is 679. The van der Waals surface area contributed by atoms with Crippen LogP contribution >= 0.6 is 0 Å². The molecule has 7 heteroatoms. The van der Waals surface area contributed by atoms with E-state index < -0.39 is 17.4 Å². The zero-order valence-electron chi connectivity index (χ0n) is 14.0. The number of carbonyl (C=O) groups is 3. The number of amides is 3. The highest BCUT2D eigenvalue weighted by molar-refractivity contribution is 5.99. The second kappa shape index (κ2) is 7.13. The second-order valence-electron chi connectivity index (χ2n) is 6.86. The van der Waals surface area contributed by atoms with Gasteiger partial charge in [0, 0.05) is 17.3 Å². The number of carboxylic acids is 1. The van der Waals surface area contributed by atoms with Crippen molar-refractivity contribution >= 4 is 23.6 Å². The number of carboxylic acid groups (broad SMARTS) is 1. The van der Waals surface area contributed by atoms with Crippen molar-refractivity contribution in [3.8, 4) is 0 Å². The van der Waals surface area contributed by atoms with Gasteiger partial charge in [0.2, 0.25) is 0 Å². The molecule has 0 radical (unpaired) electrons. The average Bonchev–Trinajstić information content (AvgIpc) is 3.39. The molecule has 0 unspecified atom stereocenters. The molecule has 25 heavy (non-hydrogen) atoms. The lowest BCUT2D eigenvalue weighted by Crippen LogP contribution is -2.55. The first-order chi connectivity index (χ1) is 12.0. The summed E-state index contributed by atoms with van der Waals surface area (Å²) < 4.78 is 0. The summed E-state index contributed by atoms with van der Waals surface area (Å²) in [5.74, 6) is -1.42. The van der Waals surface area contributed by atoms with Crippen molar-refractivity contribution in [3.63, 3.8) is 0 Å². The van der Waals surface area contributed by atoms with Gasteiger partial charge in [-0.1, -0.05) is 25.3 Å². The predicted molar refractivity (Wildman–Crippen MR) is 92.5 cm³/mol. The van der Waals surface area contributed by atoms with Gasteiger partial charge in [-0.2, -0.15) is 0 Å². The Morgan fingerprint density at radius 2 is 1.80 bits per heavy atom. The Kier molecular flexibility index (Phi) is 4.92. The molecule has 2 aliphatic rings. The van der Waals surface area contributed by atoms with Gasteiger partial charge in [-0.3, -0.25) is 4.79 Å². The van der Waals surface area contributed by atoms with Crippen LogP contribution in [0.1, 0.15) is 55.3 Å². The molecular formula is C18H23N3O4. The summed E-state index contributed by atoms with van der Waals surface area (Å²) in [5.41, 5.74) is -0.364. The van der Waals surface area contributed by atoms with Crippen LogP contribution < -0.4 is 16.0 Å². The van der Waals surface area contributed by atoms with E-state index in [0.29, 0.717) is 24.1 Å². The molecule has 0 aromatic heterocycles. The molecule has 3 rings (SSSR count). The summed E-state index contributed by atoms with van der Waals surface area (Å²) in [6, 6.07) is 6.47. The molecule has 1 aromatic carbocycles. The lowest BCUT2D eigenvalue weighted by atomic mass is 9.81. The monoisotopic (exact) mass is 345 g/mol. The normalized spacial score (nSPS) is 18.9. The van der Waals surface area contributed by atoms with Crippen LogP contribution in [0.3, 0.4) is 0 Å². The Morgan fingerprint density at radius 3 is 2.44 bits per heavy atom. The molecule has 4 N–H and O–H groups in total. The second-order valence-corrected chi connectivity index (χ2v) is 6.86. The van der Waals surface area contributed by atoms with E-state index in [1.807, 2.05) is 0 Å². The average molecular weight is 345 g/mol. The van der Waals surface area contributed by atoms with Crippen LogP contribution in [-0.2, 0) is 4.79 Å². The summed E-state index contributed by atoms with van der Waals surface area (Å²) in [7, 11) is 0. The topological polar surface area (TPSA) is 108 Å². The van der Waals surface area contributed by atoms with E-state index in [1.165, 1.54) is 0 Å². The maximum Gasteiger partial charge on any atom is 0.329 e. The molecule has 7 nitrogen and oxygen atoms in total. The van der Waals surface area contributed by atoms with E-state index in [1.54, 1.807) is 24.3 Å². The highest BCUT2D eigenvalue weighted by Crippen LogP contribution is 2.29. The molecule has 2 aliphatic carbocycles. The van der Waals surface area contributed by atoms with Crippen LogP contribution in [0.25, 0.3) is 0 Å². The Balaban J connectivity index is 1.67. The molecule has 2 saturated carbocycles. The van der Waals surface area contributed by atoms with Gasteiger partial charge in [0.25, 0.3) is 5.91 Å². The highest BCUT2D eigenvalue weighted by Gasteiger charge is 2.41. The van der Waals surface area contributed by atoms with E-state index >= 15 is 0 Å². The molecule has 2 fully saturated rings. The number of aliphatic carboxylic acids is 1. The molecule has 3 amide bonds. The Hall–Kier alpha value is -2.57. The zero-order chi connectivity index (χ0) is 17.9. The molecule has 0 atom stereocenters. The molecule has 0 bridgehead atoms. The number of nitrogens with one attached hydrogen (secondary N) is 3. The first-order valence-corrected chi connectivity index (χ1v) is 8.72. The molecule has 1 aromatic rings. The van der Waals surface area contributed by atoms with Crippen molar-refractivity contribution in [1.82, 2.24) is 10.6 Å². The van der Waals surface area contributed by atoms with E-state index in [9.17, 15) is 19.5 Å². The minimum atomic E-state index is -1.19. The highest BCUT2D eigenvalue weighted by atomic mass is 16.4. The fourth-order valence-electron chi connectivity index (χ4n) is 3.16. The van der Waals surface area contributed by atoms with Gasteiger partial charge in [-0.15, -0.1) is 0 Å². The lowest BCUT2D eigenvalue weighted by molar-refractivity contribution is -0.145. The first kappa shape index (κ1) is 17.3. The number of anilines is 1. The third-order valence-corrected chi connectivity index (χ3v) is 4.76. The van der Waals surface area contributed by atoms with Crippen LogP contribution in [0.5, 0.6) is 0 Å². The smallest absolute Gasteiger partial charge is 0.329 e. The number of benzene rings is 1. The van der Waals surface area contributed by atoms with Gasteiger partial charge in [0.15, 0.2) is 0 Å². The van der Waals surface area contributed by atoms with E-state index in [4.69, 9.17) is 0 Å². The molecule has 0 heterocycles. The van der Waals surface area contributed by atoms with Gasteiger partial charge in [0.05, 0.1) is 0 Å². The number of rotatable bonds is 5.